The van der Waals surface area contributed by atoms with Crippen molar-refractivity contribution >= 4 is 34.0 Å². The molecule has 0 spiro atoms. The van der Waals surface area contributed by atoms with Gasteiger partial charge in [-0.15, -0.1) is 12.4 Å². The van der Waals surface area contributed by atoms with E-state index >= 15 is 0 Å². The maximum atomic E-state index is 12.6. The summed E-state index contributed by atoms with van der Waals surface area (Å²) in [4.78, 5) is 24.2. The van der Waals surface area contributed by atoms with Gasteiger partial charge in [-0.2, -0.15) is 4.31 Å². The van der Waals surface area contributed by atoms with Gasteiger partial charge in [0.15, 0.2) is 0 Å². The molecule has 1 amide bonds. The van der Waals surface area contributed by atoms with Crippen LogP contribution in [0.1, 0.15) is 19.8 Å². The van der Waals surface area contributed by atoms with Gasteiger partial charge in [-0.3, -0.25) is 14.9 Å². The van der Waals surface area contributed by atoms with E-state index in [4.69, 9.17) is 5.73 Å². The molecule has 1 aliphatic heterocycles. The van der Waals surface area contributed by atoms with E-state index < -0.39 is 14.9 Å². The summed E-state index contributed by atoms with van der Waals surface area (Å²) in [5.41, 5.74) is 5.44. The van der Waals surface area contributed by atoms with E-state index in [9.17, 15) is 23.3 Å². The zero-order valence-electron chi connectivity index (χ0n) is 15.3. The summed E-state index contributed by atoms with van der Waals surface area (Å²) in [7, 11) is -2.73. The van der Waals surface area contributed by atoms with Crippen LogP contribution in [0.5, 0.6) is 0 Å². The molecule has 27 heavy (non-hydrogen) atoms. The number of rotatable bonds is 6. The zero-order chi connectivity index (χ0) is 19.5. The Labute approximate surface area is 165 Å². The average Bonchev–Trinajstić information content (AvgIpc) is 2.61. The first-order chi connectivity index (χ1) is 12.2. The van der Waals surface area contributed by atoms with Gasteiger partial charge >= 0.3 is 0 Å². The van der Waals surface area contributed by atoms with E-state index in [0.717, 1.165) is 23.2 Å². The Hall–Kier alpha value is -1.75. The first-order valence-electron chi connectivity index (χ1n) is 8.37. The Morgan fingerprint density at radius 3 is 2.70 bits per heavy atom. The number of nitrogens with zero attached hydrogens (tertiary/aromatic N) is 3. The van der Waals surface area contributed by atoms with Crippen LogP contribution in [0.3, 0.4) is 0 Å². The van der Waals surface area contributed by atoms with Gasteiger partial charge in [0.05, 0.1) is 16.4 Å². The molecular weight excluding hydrogens is 396 g/mol. The van der Waals surface area contributed by atoms with Crippen LogP contribution < -0.4 is 5.73 Å². The first kappa shape index (κ1) is 23.3. The van der Waals surface area contributed by atoms with Crippen molar-refractivity contribution in [1.82, 2.24) is 9.21 Å². The predicted octanol–water partition coefficient (Wildman–Crippen LogP) is 1.22. The van der Waals surface area contributed by atoms with E-state index in [0.29, 0.717) is 19.0 Å². The third-order valence-corrected chi connectivity index (χ3v) is 6.46. The number of likely N-dealkylation sites (N-methyl/N-ethyl adjacent to an activating group) is 1. The highest BCUT2D eigenvalue weighted by Gasteiger charge is 2.32. The number of carbonyl (C=O) groups is 1. The molecule has 1 aromatic carbocycles. The lowest BCUT2D eigenvalue weighted by molar-refractivity contribution is -0.385. The Morgan fingerprint density at radius 2 is 2.11 bits per heavy atom. The number of nitrogens with two attached hydrogens (primary N) is 1. The molecule has 1 saturated heterocycles. The van der Waals surface area contributed by atoms with Crippen molar-refractivity contribution in [1.29, 1.82) is 0 Å². The topological polar surface area (TPSA) is 127 Å². The lowest BCUT2D eigenvalue weighted by Gasteiger charge is -2.38. The summed E-state index contributed by atoms with van der Waals surface area (Å²) in [6.07, 6.45) is 1.65. The number of halogens is 1. The van der Waals surface area contributed by atoms with Gasteiger partial charge in [-0.25, -0.2) is 8.42 Å². The number of carbonyl (C=O) groups excluding carboxylic acids is 1. The van der Waals surface area contributed by atoms with Crippen LogP contribution >= 0.6 is 12.4 Å². The highest BCUT2D eigenvalue weighted by Crippen LogP contribution is 2.23. The molecular formula is C16H25ClN4O5S. The second-order valence-corrected chi connectivity index (χ2v) is 8.67. The minimum absolute atomic E-state index is 0. The Bertz CT molecular complexity index is 789. The Kier molecular flexibility index (Phi) is 8.15. The number of amides is 1. The zero-order valence-corrected chi connectivity index (χ0v) is 16.9. The summed E-state index contributed by atoms with van der Waals surface area (Å²) in [5.74, 6) is 0.155. The Balaban J connectivity index is 0.00000364. The lowest BCUT2D eigenvalue weighted by Crippen LogP contribution is -2.52. The van der Waals surface area contributed by atoms with Crippen molar-refractivity contribution in [2.75, 3.05) is 26.7 Å². The molecule has 11 heteroatoms. The molecule has 1 heterocycles. The largest absolute Gasteiger partial charge is 0.337 e. The first-order valence-corrected chi connectivity index (χ1v) is 9.81. The highest BCUT2D eigenvalue weighted by molar-refractivity contribution is 7.89. The van der Waals surface area contributed by atoms with E-state index in [-0.39, 0.29) is 41.5 Å². The number of nitro benzene ring substituents is 1. The van der Waals surface area contributed by atoms with Crippen LogP contribution in [0, 0.1) is 16.0 Å². The fraction of sp³-hybridized carbons (Fsp3) is 0.562. The fourth-order valence-electron chi connectivity index (χ4n) is 3.11. The lowest BCUT2D eigenvalue weighted by atomic mass is 9.92. The number of non-ortho nitro benzene ring substituents is 1. The molecule has 2 N–H and O–H groups in total. The third-order valence-electron chi connectivity index (χ3n) is 4.66. The van der Waals surface area contributed by atoms with Gasteiger partial charge in [0, 0.05) is 38.3 Å². The molecule has 0 aliphatic carbocycles. The molecule has 2 atom stereocenters. The smallest absolute Gasteiger partial charge is 0.270 e. The molecule has 1 aromatic rings. The minimum atomic E-state index is -4.01. The maximum absolute atomic E-state index is 12.6. The molecule has 0 saturated carbocycles. The predicted molar refractivity (Wildman–Crippen MR) is 103 cm³/mol. The van der Waals surface area contributed by atoms with Crippen molar-refractivity contribution < 1.29 is 18.1 Å². The Morgan fingerprint density at radius 1 is 1.44 bits per heavy atom. The highest BCUT2D eigenvalue weighted by atomic mass is 35.5. The van der Waals surface area contributed by atoms with Crippen LogP contribution in [-0.2, 0) is 14.8 Å². The second-order valence-electron chi connectivity index (χ2n) is 6.62. The number of nitro groups is 1. The molecule has 2 unspecified atom stereocenters. The normalized spacial score (nSPS) is 20.2. The van der Waals surface area contributed by atoms with Crippen molar-refractivity contribution in [3.05, 3.63) is 34.4 Å². The second kappa shape index (κ2) is 9.45. The fourth-order valence-corrected chi connectivity index (χ4v) is 4.27. The number of piperidine rings is 1. The van der Waals surface area contributed by atoms with E-state index in [1.165, 1.54) is 25.2 Å². The molecule has 1 fully saturated rings. The molecule has 0 bridgehead atoms. The van der Waals surface area contributed by atoms with Gasteiger partial charge in [0.1, 0.15) is 0 Å². The molecule has 9 nitrogen and oxygen atoms in total. The van der Waals surface area contributed by atoms with E-state index in [1.807, 2.05) is 0 Å². The van der Waals surface area contributed by atoms with E-state index in [1.54, 1.807) is 4.90 Å². The molecule has 2 rings (SSSR count). The summed E-state index contributed by atoms with van der Waals surface area (Å²) in [5, 5.41) is 10.9. The van der Waals surface area contributed by atoms with Crippen molar-refractivity contribution in [3.8, 4) is 0 Å². The standard InChI is InChI=1S/C16H24N4O5S.ClH/c1-12-6-7-19(14(8-12)10-17)16(21)11-18(2)26(24,25)15-5-3-4-13(9-15)20(22)23;/h3-5,9,12,14H,6-8,10-11,17H2,1-2H3;1H. The maximum Gasteiger partial charge on any atom is 0.270 e. The monoisotopic (exact) mass is 420 g/mol. The molecule has 0 radical (unpaired) electrons. The van der Waals surface area contributed by atoms with Crippen LogP contribution in [0.2, 0.25) is 0 Å². The number of hydrogen-bond donors (Lipinski definition) is 1. The van der Waals surface area contributed by atoms with Crippen LogP contribution in [0.4, 0.5) is 5.69 Å². The quantitative estimate of drug-likeness (QED) is 0.544. The number of hydrogen-bond acceptors (Lipinski definition) is 6. The van der Waals surface area contributed by atoms with Gasteiger partial charge in [0.25, 0.3) is 5.69 Å². The van der Waals surface area contributed by atoms with Crippen LogP contribution in [0.15, 0.2) is 29.2 Å². The van der Waals surface area contributed by atoms with Crippen LogP contribution in [0.25, 0.3) is 0 Å². The summed E-state index contributed by atoms with van der Waals surface area (Å²) in [6.45, 7) is 2.64. The minimum Gasteiger partial charge on any atom is -0.337 e. The van der Waals surface area contributed by atoms with Gasteiger partial charge in [0.2, 0.25) is 15.9 Å². The molecule has 1 aliphatic rings. The average molecular weight is 421 g/mol. The summed E-state index contributed by atoms with van der Waals surface area (Å²) in [6, 6.07) is 4.68. The summed E-state index contributed by atoms with van der Waals surface area (Å²) < 4.78 is 26.2. The van der Waals surface area contributed by atoms with E-state index in [2.05, 4.69) is 6.92 Å². The third kappa shape index (κ3) is 5.38. The van der Waals surface area contributed by atoms with Crippen molar-refractivity contribution in [2.45, 2.75) is 30.7 Å². The van der Waals surface area contributed by atoms with Crippen molar-refractivity contribution in [3.63, 3.8) is 0 Å². The van der Waals surface area contributed by atoms with Gasteiger partial charge < -0.3 is 10.6 Å². The SMILES string of the molecule is CC1CCN(C(=O)CN(C)S(=O)(=O)c2cccc([N+](=O)[O-])c2)C(CN)C1.Cl. The van der Waals surface area contributed by atoms with Crippen molar-refractivity contribution in [2.24, 2.45) is 11.7 Å². The molecule has 152 valence electrons. The summed E-state index contributed by atoms with van der Waals surface area (Å²) >= 11 is 0. The number of sulfonamides is 1. The van der Waals surface area contributed by atoms with Gasteiger partial charge in [-0.05, 0) is 24.8 Å². The van der Waals surface area contributed by atoms with Gasteiger partial charge in [-0.1, -0.05) is 13.0 Å². The number of likely N-dealkylation sites (tertiary alicyclic amines) is 1. The molecule has 0 aromatic heterocycles. The number of benzene rings is 1. The van der Waals surface area contributed by atoms with Crippen LogP contribution in [-0.4, -0.2) is 61.2 Å².